The molecule has 35 heavy (non-hydrogen) atoms. The first-order valence-corrected chi connectivity index (χ1v) is 12.4. The number of sulfonamides is 1. The van der Waals surface area contributed by atoms with Gasteiger partial charge < -0.3 is 24.3 Å². The van der Waals surface area contributed by atoms with Crippen LogP contribution in [-0.4, -0.2) is 48.3 Å². The number of hydrogen-bond acceptors (Lipinski definition) is 7. The normalized spacial score (nSPS) is 12.5. The quantitative estimate of drug-likeness (QED) is 0.466. The summed E-state index contributed by atoms with van der Waals surface area (Å²) in [5.41, 5.74) is 1.69. The molecule has 0 aromatic heterocycles. The average Bonchev–Trinajstić information content (AvgIpc) is 2.88. The number of carbonyl (C=O) groups excluding carboxylic acids is 1. The topological polar surface area (TPSA) is 112 Å². The lowest BCUT2D eigenvalue weighted by molar-refractivity contribution is 0.0954. The van der Waals surface area contributed by atoms with Gasteiger partial charge in [-0.2, -0.15) is 0 Å². The predicted molar refractivity (Wildman–Crippen MR) is 130 cm³/mol. The summed E-state index contributed by atoms with van der Waals surface area (Å²) in [6.07, 6.45) is 0.576. The highest BCUT2D eigenvalue weighted by atomic mass is 32.2. The maximum Gasteiger partial charge on any atom is 0.262 e. The zero-order valence-electron chi connectivity index (χ0n) is 19.4. The van der Waals surface area contributed by atoms with Crippen LogP contribution in [0.25, 0.3) is 0 Å². The standard InChI is InChI=1S/C25H26N2O7S/c1-31-20-8-5-17(23(15-20)32-2)11-12-26-25(28)18-3-6-19(7-4-18)27-35(29,30)21-9-10-22-24(16-21)34-14-13-33-22/h3-10,15-16,27H,11-14H2,1-2H3,(H,26,28). The van der Waals surface area contributed by atoms with Crippen molar-refractivity contribution in [3.05, 3.63) is 71.8 Å². The molecule has 0 saturated carbocycles. The van der Waals surface area contributed by atoms with Crippen LogP contribution in [0.4, 0.5) is 5.69 Å². The molecule has 1 amide bonds. The maximum absolute atomic E-state index is 12.8. The fourth-order valence-electron chi connectivity index (χ4n) is 3.57. The molecule has 10 heteroatoms. The van der Waals surface area contributed by atoms with E-state index in [1.807, 2.05) is 12.1 Å². The molecule has 0 spiro atoms. The van der Waals surface area contributed by atoms with Crippen molar-refractivity contribution in [2.75, 3.05) is 38.7 Å². The van der Waals surface area contributed by atoms with Crippen LogP contribution in [0, 0.1) is 0 Å². The van der Waals surface area contributed by atoms with Crippen molar-refractivity contribution >= 4 is 21.6 Å². The van der Waals surface area contributed by atoms with E-state index in [9.17, 15) is 13.2 Å². The monoisotopic (exact) mass is 498 g/mol. The molecule has 9 nitrogen and oxygen atoms in total. The number of carbonyl (C=O) groups is 1. The zero-order valence-corrected chi connectivity index (χ0v) is 20.2. The number of amides is 1. The lowest BCUT2D eigenvalue weighted by atomic mass is 10.1. The number of nitrogens with one attached hydrogen (secondary N) is 2. The van der Waals surface area contributed by atoms with Gasteiger partial charge in [-0.05, 0) is 54.4 Å². The smallest absolute Gasteiger partial charge is 0.262 e. The fraction of sp³-hybridized carbons (Fsp3) is 0.240. The van der Waals surface area contributed by atoms with Crippen LogP contribution in [-0.2, 0) is 16.4 Å². The van der Waals surface area contributed by atoms with Crippen LogP contribution in [0.15, 0.2) is 65.6 Å². The van der Waals surface area contributed by atoms with Crippen molar-refractivity contribution in [2.45, 2.75) is 11.3 Å². The van der Waals surface area contributed by atoms with E-state index in [-0.39, 0.29) is 10.8 Å². The Balaban J connectivity index is 1.35. The number of ether oxygens (including phenoxy) is 4. The van der Waals surface area contributed by atoms with Crippen LogP contribution in [0.5, 0.6) is 23.0 Å². The molecule has 3 aromatic rings. The van der Waals surface area contributed by atoms with Crippen LogP contribution in [0.2, 0.25) is 0 Å². The Hall–Kier alpha value is -3.92. The molecule has 0 bridgehead atoms. The molecule has 0 atom stereocenters. The minimum absolute atomic E-state index is 0.0533. The number of methoxy groups -OCH3 is 2. The molecular weight excluding hydrogens is 472 g/mol. The van der Waals surface area contributed by atoms with Crippen molar-refractivity contribution in [1.29, 1.82) is 0 Å². The molecule has 1 aliphatic heterocycles. The number of benzene rings is 3. The van der Waals surface area contributed by atoms with Gasteiger partial charge in [-0.3, -0.25) is 9.52 Å². The highest BCUT2D eigenvalue weighted by molar-refractivity contribution is 7.92. The summed E-state index contributed by atoms with van der Waals surface area (Å²) in [6, 6.07) is 16.2. The van der Waals surface area contributed by atoms with Gasteiger partial charge in [0.25, 0.3) is 15.9 Å². The first kappa shape index (κ1) is 24.2. The average molecular weight is 499 g/mol. The minimum atomic E-state index is -3.84. The van der Waals surface area contributed by atoms with E-state index < -0.39 is 10.0 Å². The van der Waals surface area contributed by atoms with E-state index in [0.29, 0.717) is 60.4 Å². The van der Waals surface area contributed by atoms with Gasteiger partial charge in [0.05, 0.1) is 19.1 Å². The number of hydrogen-bond donors (Lipinski definition) is 2. The van der Waals surface area contributed by atoms with Crippen molar-refractivity contribution in [2.24, 2.45) is 0 Å². The summed E-state index contributed by atoms with van der Waals surface area (Å²) < 4.78 is 49.5. The molecule has 0 radical (unpaired) electrons. The van der Waals surface area contributed by atoms with Crippen LogP contribution >= 0.6 is 0 Å². The SMILES string of the molecule is COc1ccc(CCNC(=O)c2ccc(NS(=O)(=O)c3ccc4c(c3)OCCO4)cc2)c(OC)c1. The summed E-state index contributed by atoms with van der Waals surface area (Å²) in [5, 5.41) is 2.86. The molecule has 0 unspecified atom stereocenters. The largest absolute Gasteiger partial charge is 0.497 e. The Morgan fingerprint density at radius 3 is 2.37 bits per heavy atom. The lowest BCUT2D eigenvalue weighted by Crippen LogP contribution is -2.25. The number of fused-ring (bicyclic) bond motifs is 1. The van der Waals surface area contributed by atoms with Gasteiger partial charge in [-0.1, -0.05) is 6.07 Å². The summed E-state index contributed by atoms with van der Waals surface area (Å²) in [7, 11) is -0.673. The third kappa shape index (κ3) is 5.78. The van der Waals surface area contributed by atoms with E-state index in [2.05, 4.69) is 10.0 Å². The number of rotatable bonds is 9. The second kappa shape index (κ2) is 10.6. The summed E-state index contributed by atoms with van der Waals surface area (Å²) in [6.45, 7) is 1.19. The third-order valence-corrected chi connectivity index (χ3v) is 6.78. The Morgan fingerprint density at radius 1 is 0.914 bits per heavy atom. The van der Waals surface area contributed by atoms with Crippen LogP contribution in [0.1, 0.15) is 15.9 Å². The minimum Gasteiger partial charge on any atom is -0.497 e. The van der Waals surface area contributed by atoms with Crippen molar-refractivity contribution in [3.63, 3.8) is 0 Å². The molecule has 0 saturated heterocycles. The van der Waals surface area contributed by atoms with Gasteiger partial charge in [0.1, 0.15) is 24.7 Å². The molecule has 2 N–H and O–H groups in total. The van der Waals surface area contributed by atoms with E-state index >= 15 is 0 Å². The molecule has 0 fully saturated rings. The molecule has 4 rings (SSSR count). The molecule has 1 aliphatic rings. The van der Waals surface area contributed by atoms with E-state index in [1.54, 1.807) is 38.5 Å². The van der Waals surface area contributed by atoms with Crippen molar-refractivity contribution in [3.8, 4) is 23.0 Å². The third-order valence-electron chi connectivity index (χ3n) is 5.40. The first-order valence-electron chi connectivity index (χ1n) is 10.9. The molecule has 184 valence electrons. The molecule has 0 aliphatic carbocycles. The Bertz CT molecular complexity index is 1310. The second-order valence-electron chi connectivity index (χ2n) is 7.67. The molecule has 3 aromatic carbocycles. The Morgan fingerprint density at radius 2 is 1.66 bits per heavy atom. The van der Waals surface area contributed by atoms with Gasteiger partial charge >= 0.3 is 0 Å². The van der Waals surface area contributed by atoms with Crippen LogP contribution < -0.4 is 29.0 Å². The van der Waals surface area contributed by atoms with E-state index in [4.69, 9.17) is 18.9 Å². The van der Waals surface area contributed by atoms with Gasteiger partial charge in [0, 0.05) is 29.9 Å². The van der Waals surface area contributed by atoms with Crippen molar-refractivity contribution in [1.82, 2.24) is 5.32 Å². The summed E-state index contributed by atoms with van der Waals surface area (Å²) >= 11 is 0. The second-order valence-corrected chi connectivity index (χ2v) is 9.35. The summed E-state index contributed by atoms with van der Waals surface area (Å²) in [4.78, 5) is 12.6. The summed E-state index contributed by atoms with van der Waals surface area (Å²) in [5.74, 6) is 2.01. The Labute approximate surface area is 204 Å². The highest BCUT2D eigenvalue weighted by Crippen LogP contribution is 2.32. The highest BCUT2D eigenvalue weighted by Gasteiger charge is 2.19. The molecular formula is C25H26N2O7S. The molecule has 1 heterocycles. The van der Waals surface area contributed by atoms with E-state index in [1.165, 1.54) is 24.3 Å². The lowest BCUT2D eigenvalue weighted by Gasteiger charge is -2.19. The Kier molecular flexibility index (Phi) is 7.31. The number of anilines is 1. The van der Waals surface area contributed by atoms with Gasteiger partial charge in [-0.15, -0.1) is 0 Å². The van der Waals surface area contributed by atoms with Gasteiger partial charge in [0.2, 0.25) is 0 Å². The van der Waals surface area contributed by atoms with Crippen LogP contribution in [0.3, 0.4) is 0 Å². The van der Waals surface area contributed by atoms with Gasteiger partial charge in [0.15, 0.2) is 11.5 Å². The van der Waals surface area contributed by atoms with Gasteiger partial charge in [-0.25, -0.2) is 8.42 Å². The predicted octanol–water partition coefficient (Wildman–Crippen LogP) is 3.25. The van der Waals surface area contributed by atoms with Crippen molar-refractivity contribution < 1.29 is 32.2 Å². The zero-order chi connectivity index (χ0) is 24.8. The first-order chi connectivity index (χ1) is 16.9. The fourth-order valence-corrected chi connectivity index (χ4v) is 4.64. The maximum atomic E-state index is 12.8. The van der Waals surface area contributed by atoms with E-state index in [0.717, 1.165) is 5.56 Å².